The monoisotopic (exact) mass is 205 g/mol. The van der Waals surface area contributed by atoms with E-state index in [0.29, 0.717) is 0 Å². The first-order valence-corrected chi connectivity index (χ1v) is 5.43. The van der Waals surface area contributed by atoms with E-state index in [1.807, 2.05) is 26.0 Å². The zero-order chi connectivity index (χ0) is 11.5. The van der Waals surface area contributed by atoms with E-state index in [1.165, 1.54) is 5.56 Å². The number of nitrogens with zero attached hydrogens (tertiary/aromatic N) is 1. The summed E-state index contributed by atoms with van der Waals surface area (Å²) in [5, 5.41) is 4.88. The van der Waals surface area contributed by atoms with Crippen molar-refractivity contribution in [1.82, 2.24) is 5.16 Å². The standard InChI is InChI=1S/C11H13NO.C2H6/c1-11(2,3)9-6-4-5-8-7-12-13-10(8)9;1-2/h4-7H,1-3H3;1-2H3. The fraction of sp³-hybridized carbons (Fsp3) is 0.462. The molecule has 0 aliphatic heterocycles. The number of aromatic nitrogens is 1. The third-order valence-electron chi connectivity index (χ3n) is 2.19. The number of hydrogen-bond donors (Lipinski definition) is 0. The van der Waals surface area contributed by atoms with Crippen molar-refractivity contribution < 1.29 is 4.52 Å². The van der Waals surface area contributed by atoms with Crippen molar-refractivity contribution in [3.05, 3.63) is 30.0 Å². The zero-order valence-corrected chi connectivity index (χ0v) is 10.2. The van der Waals surface area contributed by atoms with Crippen LogP contribution >= 0.6 is 0 Å². The van der Waals surface area contributed by atoms with E-state index in [1.54, 1.807) is 6.20 Å². The Morgan fingerprint density at radius 3 is 2.40 bits per heavy atom. The minimum atomic E-state index is 0.110. The lowest BCUT2D eigenvalue weighted by Crippen LogP contribution is -2.10. The summed E-state index contributed by atoms with van der Waals surface area (Å²) in [5.74, 6) is 0. The molecule has 0 amide bonds. The predicted octanol–water partition coefficient (Wildman–Crippen LogP) is 4.15. The first-order chi connectivity index (χ1) is 7.09. The molecule has 1 heterocycles. The summed E-state index contributed by atoms with van der Waals surface area (Å²) < 4.78 is 5.23. The molecule has 2 rings (SSSR count). The van der Waals surface area contributed by atoms with Gasteiger partial charge >= 0.3 is 0 Å². The van der Waals surface area contributed by atoms with Gasteiger partial charge in [0.1, 0.15) is 0 Å². The second-order valence-corrected chi connectivity index (χ2v) is 4.30. The highest BCUT2D eigenvalue weighted by atomic mass is 16.5. The summed E-state index contributed by atoms with van der Waals surface area (Å²) in [7, 11) is 0. The Hall–Kier alpha value is -1.31. The van der Waals surface area contributed by atoms with Crippen LogP contribution in [0, 0.1) is 0 Å². The summed E-state index contributed by atoms with van der Waals surface area (Å²) in [5.41, 5.74) is 2.23. The lowest BCUT2D eigenvalue weighted by Gasteiger charge is -2.18. The molecule has 0 saturated heterocycles. The van der Waals surface area contributed by atoms with Crippen molar-refractivity contribution >= 4 is 11.0 Å². The molecule has 0 aliphatic carbocycles. The molecule has 0 radical (unpaired) electrons. The molecule has 2 aromatic rings. The Bertz CT molecular complexity index is 423. The van der Waals surface area contributed by atoms with Crippen LogP contribution in [-0.2, 0) is 5.41 Å². The van der Waals surface area contributed by atoms with Crippen LogP contribution in [-0.4, -0.2) is 5.16 Å². The maximum Gasteiger partial charge on any atom is 0.170 e. The zero-order valence-electron chi connectivity index (χ0n) is 10.2. The van der Waals surface area contributed by atoms with Crippen LogP contribution in [0.3, 0.4) is 0 Å². The number of fused-ring (bicyclic) bond motifs is 1. The number of rotatable bonds is 0. The van der Waals surface area contributed by atoms with Gasteiger partial charge in [0.25, 0.3) is 0 Å². The molecule has 2 heteroatoms. The van der Waals surface area contributed by atoms with Crippen molar-refractivity contribution in [3.63, 3.8) is 0 Å². The maximum atomic E-state index is 5.23. The highest BCUT2D eigenvalue weighted by Crippen LogP contribution is 2.29. The Kier molecular flexibility index (Phi) is 3.51. The second kappa shape index (κ2) is 4.47. The van der Waals surface area contributed by atoms with Gasteiger partial charge in [0.15, 0.2) is 5.58 Å². The molecule has 15 heavy (non-hydrogen) atoms. The molecule has 0 saturated carbocycles. The third kappa shape index (κ3) is 2.38. The summed E-state index contributed by atoms with van der Waals surface area (Å²) in [6.07, 6.45) is 1.75. The van der Waals surface area contributed by atoms with Crippen molar-refractivity contribution in [2.45, 2.75) is 40.0 Å². The van der Waals surface area contributed by atoms with E-state index >= 15 is 0 Å². The van der Waals surface area contributed by atoms with E-state index in [-0.39, 0.29) is 5.41 Å². The van der Waals surface area contributed by atoms with Crippen LogP contribution in [0.1, 0.15) is 40.2 Å². The van der Waals surface area contributed by atoms with Crippen molar-refractivity contribution in [1.29, 1.82) is 0 Å². The molecule has 0 unspecified atom stereocenters. The quantitative estimate of drug-likeness (QED) is 0.645. The Balaban J connectivity index is 0.000000531. The second-order valence-electron chi connectivity index (χ2n) is 4.30. The van der Waals surface area contributed by atoms with Gasteiger partial charge < -0.3 is 4.52 Å². The molecule has 0 atom stereocenters. The van der Waals surface area contributed by atoms with Gasteiger partial charge in [0, 0.05) is 10.9 Å². The summed E-state index contributed by atoms with van der Waals surface area (Å²) >= 11 is 0. The van der Waals surface area contributed by atoms with Gasteiger partial charge in [-0.05, 0) is 11.5 Å². The molecule has 0 N–H and O–H groups in total. The van der Waals surface area contributed by atoms with Crippen molar-refractivity contribution in [2.24, 2.45) is 0 Å². The van der Waals surface area contributed by atoms with Crippen LogP contribution in [0.5, 0.6) is 0 Å². The largest absolute Gasteiger partial charge is 0.356 e. The maximum absolute atomic E-state index is 5.23. The van der Waals surface area contributed by atoms with Crippen LogP contribution < -0.4 is 0 Å². The fourth-order valence-electron chi connectivity index (χ4n) is 1.48. The fourth-order valence-corrected chi connectivity index (χ4v) is 1.48. The lowest BCUT2D eigenvalue weighted by molar-refractivity contribution is 0.446. The van der Waals surface area contributed by atoms with E-state index in [9.17, 15) is 0 Å². The Morgan fingerprint density at radius 2 is 1.80 bits per heavy atom. The number of benzene rings is 1. The molecule has 0 spiro atoms. The molecule has 1 aromatic heterocycles. The molecule has 0 aliphatic rings. The molecule has 0 bridgehead atoms. The molecule has 82 valence electrons. The van der Waals surface area contributed by atoms with Gasteiger partial charge in [-0.1, -0.05) is 51.9 Å². The van der Waals surface area contributed by atoms with Gasteiger partial charge in [-0.3, -0.25) is 0 Å². The predicted molar refractivity (Wildman–Crippen MR) is 64.1 cm³/mol. The van der Waals surface area contributed by atoms with E-state index in [4.69, 9.17) is 4.52 Å². The van der Waals surface area contributed by atoms with Crippen LogP contribution in [0.4, 0.5) is 0 Å². The molecular formula is C13H19NO. The van der Waals surface area contributed by atoms with Gasteiger partial charge in [-0.15, -0.1) is 0 Å². The van der Waals surface area contributed by atoms with Crippen molar-refractivity contribution in [2.75, 3.05) is 0 Å². The van der Waals surface area contributed by atoms with Gasteiger partial charge in [0.05, 0.1) is 6.20 Å². The van der Waals surface area contributed by atoms with Crippen LogP contribution in [0.2, 0.25) is 0 Å². The Labute approximate surface area is 91.3 Å². The molecule has 0 fully saturated rings. The van der Waals surface area contributed by atoms with Crippen LogP contribution in [0.15, 0.2) is 28.9 Å². The van der Waals surface area contributed by atoms with Gasteiger partial charge in [-0.2, -0.15) is 0 Å². The normalized spacial score (nSPS) is 11.0. The smallest absolute Gasteiger partial charge is 0.170 e. The molecule has 1 aromatic carbocycles. The molecule has 2 nitrogen and oxygen atoms in total. The topological polar surface area (TPSA) is 26.0 Å². The number of para-hydroxylation sites is 1. The Morgan fingerprint density at radius 1 is 1.13 bits per heavy atom. The first kappa shape index (κ1) is 11.8. The average molecular weight is 205 g/mol. The number of hydrogen-bond acceptors (Lipinski definition) is 2. The first-order valence-electron chi connectivity index (χ1n) is 5.43. The lowest BCUT2D eigenvalue weighted by atomic mass is 9.86. The molecular weight excluding hydrogens is 186 g/mol. The van der Waals surface area contributed by atoms with Gasteiger partial charge in [-0.25, -0.2) is 0 Å². The SMILES string of the molecule is CC.CC(C)(C)c1cccc2cnoc12. The summed E-state index contributed by atoms with van der Waals surface area (Å²) in [6, 6.07) is 6.15. The highest BCUT2D eigenvalue weighted by Gasteiger charge is 2.18. The highest BCUT2D eigenvalue weighted by molar-refractivity contribution is 5.80. The summed E-state index contributed by atoms with van der Waals surface area (Å²) in [6.45, 7) is 10.5. The third-order valence-corrected chi connectivity index (χ3v) is 2.19. The minimum Gasteiger partial charge on any atom is -0.356 e. The van der Waals surface area contributed by atoms with E-state index in [0.717, 1.165) is 11.0 Å². The van der Waals surface area contributed by atoms with Crippen molar-refractivity contribution in [3.8, 4) is 0 Å². The van der Waals surface area contributed by atoms with Gasteiger partial charge in [0.2, 0.25) is 0 Å². The van der Waals surface area contributed by atoms with E-state index < -0.39 is 0 Å². The van der Waals surface area contributed by atoms with E-state index in [2.05, 4.69) is 32.0 Å². The average Bonchev–Trinajstić information content (AvgIpc) is 2.66. The van der Waals surface area contributed by atoms with Crippen LogP contribution in [0.25, 0.3) is 11.0 Å². The summed E-state index contributed by atoms with van der Waals surface area (Å²) in [4.78, 5) is 0. The minimum absolute atomic E-state index is 0.110.